The van der Waals surface area contributed by atoms with E-state index in [0.29, 0.717) is 33.4 Å². The van der Waals surface area contributed by atoms with Gasteiger partial charge in [0, 0.05) is 11.1 Å². The number of rotatable bonds is 6. The summed E-state index contributed by atoms with van der Waals surface area (Å²) in [5.74, 6) is 2.23. The minimum absolute atomic E-state index is 0.393. The van der Waals surface area contributed by atoms with Gasteiger partial charge in [-0.2, -0.15) is 14.9 Å². The third-order valence-electron chi connectivity index (χ3n) is 4.08. The number of benzene rings is 2. The molecule has 1 aromatic heterocycles. The Hall–Kier alpha value is -3.13. The summed E-state index contributed by atoms with van der Waals surface area (Å²) in [5, 5.41) is 11.6. The van der Waals surface area contributed by atoms with Crippen LogP contribution in [0.25, 0.3) is 11.4 Å². The number of H-pyrrole nitrogens is 1. The number of ether oxygens (including phenoxy) is 3. The van der Waals surface area contributed by atoms with Crippen LogP contribution in [0.1, 0.15) is 11.1 Å². The van der Waals surface area contributed by atoms with Crippen molar-refractivity contribution < 1.29 is 14.2 Å². The largest absolute Gasteiger partial charge is 0.493 e. The normalized spacial score (nSPS) is 11.0. The maximum absolute atomic E-state index is 5.49. The van der Waals surface area contributed by atoms with E-state index >= 15 is 0 Å². The second kappa shape index (κ2) is 8.05. The van der Waals surface area contributed by atoms with E-state index in [9.17, 15) is 0 Å². The second-order valence-electron chi connectivity index (χ2n) is 5.65. The Bertz CT molecular complexity index is 1040. The van der Waals surface area contributed by atoms with Crippen molar-refractivity contribution in [1.29, 1.82) is 0 Å². The second-order valence-corrected chi connectivity index (χ2v) is 6.03. The van der Waals surface area contributed by atoms with E-state index < -0.39 is 0 Å². The standard InChI is InChI=1S/C19H20N4O3S/c1-12-7-5-6-8-14(12)18-21-22-19(27)23(18)20-11-13-9-10-15(24-2)17(26-4)16(13)25-3/h5-11H,1-4H3,(H,22,27)/b20-11-. The van der Waals surface area contributed by atoms with Crippen LogP contribution in [0.15, 0.2) is 41.5 Å². The van der Waals surface area contributed by atoms with Crippen LogP contribution in [-0.4, -0.2) is 42.4 Å². The molecule has 3 aromatic rings. The van der Waals surface area contributed by atoms with Crippen LogP contribution in [0.5, 0.6) is 17.2 Å². The molecule has 8 heteroatoms. The fraction of sp³-hybridized carbons (Fsp3) is 0.211. The minimum atomic E-state index is 0.393. The zero-order chi connectivity index (χ0) is 19.4. The van der Waals surface area contributed by atoms with Gasteiger partial charge in [0.05, 0.1) is 27.5 Å². The zero-order valence-corrected chi connectivity index (χ0v) is 16.3. The molecule has 0 amide bonds. The molecule has 0 aliphatic heterocycles. The minimum Gasteiger partial charge on any atom is -0.493 e. The van der Waals surface area contributed by atoms with E-state index in [0.717, 1.165) is 11.1 Å². The van der Waals surface area contributed by atoms with Crippen molar-refractivity contribution >= 4 is 18.4 Å². The van der Waals surface area contributed by atoms with Crippen LogP contribution in [0, 0.1) is 11.7 Å². The van der Waals surface area contributed by atoms with Gasteiger partial charge in [0.25, 0.3) is 0 Å². The monoisotopic (exact) mass is 384 g/mol. The van der Waals surface area contributed by atoms with Gasteiger partial charge in [-0.3, -0.25) is 0 Å². The van der Waals surface area contributed by atoms with Gasteiger partial charge in [-0.05, 0) is 36.8 Å². The average molecular weight is 384 g/mol. The lowest BCUT2D eigenvalue weighted by Gasteiger charge is -2.13. The molecule has 1 N–H and O–H groups in total. The Kier molecular flexibility index (Phi) is 5.56. The molecule has 7 nitrogen and oxygen atoms in total. The van der Waals surface area contributed by atoms with Crippen LogP contribution in [0.4, 0.5) is 0 Å². The molecular formula is C19H20N4O3S. The molecule has 2 aromatic carbocycles. The van der Waals surface area contributed by atoms with Gasteiger partial charge >= 0.3 is 0 Å². The van der Waals surface area contributed by atoms with Crippen molar-refractivity contribution in [2.45, 2.75) is 6.92 Å². The molecule has 1 heterocycles. The van der Waals surface area contributed by atoms with Crippen molar-refractivity contribution in [1.82, 2.24) is 14.9 Å². The topological polar surface area (TPSA) is 73.7 Å². The first kappa shape index (κ1) is 18.7. The molecule has 0 atom stereocenters. The lowest BCUT2D eigenvalue weighted by molar-refractivity contribution is 0.324. The molecule has 140 valence electrons. The number of aryl methyl sites for hydroxylation is 1. The van der Waals surface area contributed by atoms with Crippen LogP contribution in [-0.2, 0) is 0 Å². The van der Waals surface area contributed by atoms with Crippen molar-refractivity contribution in [2.24, 2.45) is 5.10 Å². The molecule has 0 saturated carbocycles. The van der Waals surface area contributed by atoms with Crippen molar-refractivity contribution in [2.75, 3.05) is 21.3 Å². The van der Waals surface area contributed by atoms with Crippen molar-refractivity contribution in [3.63, 3.8) is 0 Å². The lowest BCUT2D eigenvalue weighted by Crippen LogP contribution is -2.00. The van der Waals surface area contributed by atoms with E-state index in [4.69, 9.17) is 26.4 Å². The first-order valence-corrected chi connectivity index (χ1v) is 8.58. The number of nitrogens with one attached hydrogen (secondary N) is 1. The molecule has 0 fully saturated rings. The van der Waals surface area contributed by atoms with Crippen LogP contribution in [0.2, 0.25) is 0 Å². The highest BCUT2D eigenvalue weighted by Crippen LogP contribution is 2.39. The van der Waals surface area contributed by atoms with E-state index in [-0.39, 0.29) is 0 Å². The number of aromatic nitrogens is 3. The van der Waals surface area contributed by atoms with Gasteiger partial charge < -0.3 is 14.2 Å². The quantitative estimate of drug-likeness (QED) is 0.517. The maximum Gasteiger partial charge on any atom is 0.216 e. The first-order chi connectivity index (χ1) is 13.1. The summed E-state index contributed by atoms with van der Waals surface area (Å²) in [7, 11) is 4.70. The van der Waals surface area contributed by atoms with E-state index in [1.54, 1.807) is 38.3 Å². The summed E-state index contributed by atoms with van der Waals surface area (Å²) in [6, 6.07) is 11.5. The van der Waals surface area contributed by atoms with E-state index in [1.165, 1.54) is 0 Å². The van der Waals surface area contributed by atoms with Gasteiger partial charge in [0.2, 0.25) is 10.5 Å². The number of aromatic amines is 1. The van der Waals surface area contributed by atoms with Gasteiger partial charge in [0.15, 0.2) is 17.3 Å². The summed E-state index contributed by atoms with van der Waals surface area (Å²) < 4.78 is 18.2. The average Bonchev–Trinajstić information content (AvgIpc) is 3.05. The Morgan fingerprint density at radius 3 is 2.44 bits per heavy atom. The number of methoxy groups -OCH3 is 3. The fourth-order valence-electron chi connectivity index (χ4n) is 2.74. The highest BCUT2D eigenvalue weighted by molar-refractivity contribution is 7.71. The lowest BCUT2D eigenvalue weighted by atomic mass is 10.1. The Balaban J connectivity index is 2.07. The highest BCUT2D eigenvalue weighted by Gasteiger charge is 2.15. The van der Waals surface area contributed by atoms with Crippen LogP contribution < -0.4 is 14.2 Å². The molecule has 0 aliphatic carbocycles. The first-order valence-electron chi connectivity index (χ1n) is 8.17. The van der Waals surface area contributed by atoms with Crippen molar-refractivity contribution in [3.05, 3.63) is 52.3 Å². The Morgan fingerprint density at radius 2 is 1.78 bits per heavy atom. The molecule has 0 aliphatic rings. The fourth-order valence-corrected chi connectivity index (χ4v) is 2.92. The van der Waals surface area contributed by atoms with Crippen LogP contribution in [0.3, 0.4) is 0 Å². The van der Waals surface area contributed by atoms with Gasteiger partial charge in [-0.1, -0.05) is 24.3 Å². The summed E-state index contributed by atoms with van der Waals surface area (Å²) in [4.78, 5) is 0. The summed E-state index contributed by atoms with van der Waals surface area (Å²) in [6.07, 6.45) is 1.65. The summed E-state index contributed by atoms with van der Waals surface area (Å²) in [5.41, 5.74) is 2.74. The molecule has 0 radical (unpaired) electrons. The predicted octanol–water partition coefficient (Wildman–Crippen LogP) is 3.82. The smallest absolute Gasteiger partial charge is 0.216 e. The molecule has 0 unspecified atom stereocenters. The third kappa shape index (κ3) is 3.56. The highest BCUT2D eigenvalue weighted by atomic mass is 32.1. The third-order valence-corrected chi connectivity index (χ3v) is 4.35. The van der Waals surface area contributed by atoms with Crippen LogP contribution >= 0.6 is 12.2 Å². The van der Waals surface area contributed by atoms with Gasteiger partial charge in [-0.25, -0.2) is 5.10 Å². The zero-order valence-electron chi connectivity index (χ0n) is 15.5. The van der Waals surface area contributed by atoms with E-state index in [2.05, 4.69) is 15.3 Å². The maximum atomic E-state index is 5.49. The summed E-state index contributed by atoms with van der Waals surface area (Å²) in [6.45, 7) is 2.01. The van der Waals surface area contributed by atoms with Gasteiger partial charge in [0.1, 0.15) is 0 Å². The van der Waals surface area contributed by atoms with Gasteiger partial charge in [-0.15, -0.1) is 0 Å². The molecule has 0 bridgehead atoms. The number of nitrogens with zero attached hydrogens (tertiary/aromatic N) is 3. The Labute approximate surface area is 162 Å². The number of hydrogen-bond acceptors (Lipinski definition) is 6. The predicted molar refractivity (Wildman–Crippen MR) is 107 cm³/mol. The molecule has 0 spiro atoms. The van der Waals surface area contributed by atoms with E-state index in [1.807, 2.05) is 37.3 Å². The molecular weight excluding hydrogens is 364 g/mol. The number of hydrogen-bond donors (Lipinski definition) is 1. The SMILES string of the molecule is COc1ccc(/C=N\n2c(-c3ccccc3C)n[nH]c2=S)c(OC)c1OC. The molecule has 0 saturated heterocycles. The molecule has 27 heavy (non-hydrogen) atoms. The molecule has 3 rings (SSSR count). The van der Waals surface area contributed by atoms with Crippen molar-refractivity contribution in [3.8, 4) is 28.6 Å². The summed E-state index contributed by atoms with van der Waals surface area (Å²) >= 11 is 5.34. The Morgan fingerprint density at radius 1 is 1.04 bits per heavy atom.